The lowest BCUT2D eigenvalue weighted by Crippen LogP contribution is -2.33. The minimum absolute atomic E-state index is 0.149. The van der Waals surface area contributed by atoms with Gasteiger partial charge < -0.3 is 10.6 Å². The largest absolute Gasteiger partial charge is 0.335 e. The van der Waals surface area contributed by atoms with Crippen molar-refractivity contribution in [3.05, 3.63) is 30.1 Å². The highest BCUT2D eigenvalue weighted by Gasteiger charge is 2.33. The monoisotopic (exact) mass is 289 g/mol. The summed E-state index contributed by atoms with van der Waals surface area (Å²) in [6.07, 6.45) is 8.35. The maximum Gasteiger partial charge on any atom is 0.223 e. The number of hydrogen-bond acceptors (Lipinski definition) is 3. The van der Waals surface area contributed by atoms with Gasteiger partial charge in [0.25, 0.3) is 0 Å². The van der Waals surface area contributed by atoms with E-state index in [1.54, 1.807) is 12.4 Å². The Hall–Kier alpha value is -1.42. The highest BCUT2D eigenvalue weighted by Crippen LogP contribution is 2.31. The fourth-order valence-electron chi connectivity index (χ4n) is 2.60. The van der Waals surface area contributed by atoms with E-state index in [9.17, 15) is 4.79 Å². The van der Waals surface area contributed by atoms with Crippen LogP contribution in [0.4, 0.5) is 0 Å². The van der Waals surface area contributed by atoms with Crippen molar-refractivity contribution in [3.8, 4) is 0 Å². The van der Waals surface area contributed by atoms with Gasteiger partial charge in [0.15, 0.2) is 0 Å². The van der Waals surface area contributed by atoms with Gasteiger partial charge in [0.1, 0.15) is 0 Å². The van der Waals surface area contributed by atoms with Gasteiger partial charge in [-0.05, 0) is 55.3 Å². The van der Waals surface area contributed by atoms with Crippen molar-refractivity contribution < 1.29 is 4.79 Å². The summed E-state index contributed by atoms with van der Waals surface area (Å²) in [5, 5.41) is 0. The molecule has 1 fully saturated rings. The number of pyridine rings is 1. The Labute approximate surface area is 127 Å². The third kappa shape index (κ3) is 5.12. The number of rotatable bonds is 8. The third-order valence-corrected chi connectivity index (χ3v) is 4.25. The quantitative estimate of drug-likeness (QED) is 0.800. The van der Waals surface area contributed by atoms with Gasteiger partial charge in [0.2, 0.25) is 5.91 Å². The molecule has 0 aliphatic heterocycles. The van der Waals surface area contributed by atoms with Crippen LogP contribution in [-0.2, 0) is 11.3 Å². The van der Waals surface area contributed by atoms with Crippen LogP contribution in [0.15, 0.2) is 24.5 Å². The first kappa shape index (κ1) is 16.0. The Morgan fingerprint density at radius 1 is 1.33 bits per heavy atom. The number of nitrogens with two attached hydrogens (primary N) is 1. The van der Waals surface area contributed by atoms with Crippen LogP contribution in [-0.4, -0.2) is 28.4 Å². The molecule has 0 spiro atoms. The topological polar surface area (TPSA) is 59.2 Å². The van der Waals surface area contributed by atoms with E-state index in [-0.39, 0.29) is 11.3 Å². The van der Waals surface area contributed by atoms with Gasteiger partial charge in [0, 0.05) is 31.4 Å². The van der Waals surface area contributed by atoms with Crippen LogP contribution in [0.25, 0.3) is 0 Å². The lowest BCUT2D eigenvalue weighted by atomic mass is 9.84. The molecule has 1 heterocycles. The van der Waals surface area contributed by atoms with Crippen LogP contribution in [0.3, 0.4) is 0 Å². The number of nitrogens with zero attached hydrogens (tertiary/aromatic N) is 2. The predicted octanol–water partition coefficient (Wildman–Crippen LogP) is 2.73. The SMILES string of the molecule is CC(C)(CCN)CCC(=O)N(Cc1ccncc1)C1CC1. The van der Waals surface area contributed by atoms with Gasteiger partial charge >= 0.3 is 0 Å². The maximum absolute atomic E-state index is 12.6. The van der Waals surface area contributed by atoms with E-state index in [0.717, 1.165) is 31.2 Å². The molecule has 1 aromatic heterocycles. The Morgan fingerprint density at radius 2 is 2.00 bits per heavy atom. The highest BCUT2D eigenvalue weighted by atomic mass is 16.2. The van der Waals surface area contributed by atoms with E-state index in [2.05, 4.69) is 18.8 Å². The van der Waals surface area contributed by atoms with Gasteiger partial charge in [-0.15, -0.1) is 0 Å². The van der Waals surface area contributed by atoms with Crippen molar-refractivity contribution in [2.24, 2.45) is 11.1 Å². The molecule has 4 nitrogen and oxygen atoms in total. The normalized spacial score (nSPS) is 15.0. The Morgan fingerprint density at radius 3 is 2.57 bits per heavy atom. The fourth-order valence-corrected chi connectivity index (χ4v) is 2.60. The van der Waals surface area contributed by atoms with E-state index in [1.165, 1.54) is 0 Å². The first-order chi connectivity index (χ1) is 10.0. The zero-order valence-electron chi connectivity index (χ0n) is 13.2. The van der Waals surface area contributed by atoms with Gasteiger partial charge in [-0.25, -0.2) is 0 Å². The number of aromatic nitrogens is 1. The minimum Gasteiger partial charge on any atom is -0.335 e. The van der Waals surface area contributed by atoms with Crippen molar-refractivity contribution >= 4 is 5.91 Å². The van der Waals surface area contributed by atoms with Crippen LogP contribution in [0.2, 0.25) is 0 Å². The molecule has 0 bridgehead atoms. The summed E-state index contributed by atoms with van der Waals surface area (Å²) in [7, 11) is 0. The van der Waals surface area contributed by atoms with Gasteiger partial charge in [-0.3, -0.25) is 9.78 Å². The lowest BCUT2D eigenvalue weighted by molar-refractivity contribution is -0.133. The summed E-state index contributed by atoms with van der Waals surface area (Å²) < 4.78 is 0. The summed E-state index contributed by atoms with van der Waals surface area (Å²) in [4.78, 5) is 18.6. The van der Waals surface area contributed by atoms with E-state index < -0.39 is 0 Å². The second-order valence-electron chi connectivity index (χ2n) is 6.81. The molecular formula is C17H27N3O. The Kier molecular flexibility index (Phi) is 5.34. The zero-order valence-corrected chi connectivity index (χ0v) is 13.2. The first-order valence-electron chi connectivity index (χ1n) is 7.90. The molecule has 1 aromatic rings. The molecule has 4 heteroatoms. The van der Waals surface area contributed by atoms with Gasteiger partial charge in [-0.2, -0.15) is 0 Å². The van der Waals surface area contributed by atoms with Crippen molar-refractivity contribution in [2.75, 3.05) is 6.54 Å². The van der Waals surface area contributed by atoms with Crippen molar-refractivity contribution in [3.63, 3.8) is 0 Å². The molecule has 2 N–H and O–H groups in total. The molecule has 1 amide bonds. The number of hydrogen-bond donors (Lipinski definition) is 1. The minimum atomic E-state index is 0.149. The molecule has 0 saturated heterocycles. The maximum atomic E-state index is 12.6. The molecule has 0 atom stereocenters. The molecule has 0 aromatic carbocycles. The van der Waals surface area contributed by atoms with Crippen LogP contribution in [0.1, 0.15) is 51.5 Å². The molecule has 0 radical (unpaired) electrons. The molecule has 0 unspecified atom stereocenters. The second-order valence-corrected chi connectivity index (χ2v) is 6.81. The van der Waals surface area contributed by atoms with Crippen LogP contribution in [0.5, 0.6) is 0 Å². The Balaban J connectivity index is 1.91. The number of carbonyl (C=O) groups excluding carboxylic acids is 1. The summed E-state index contributed by atoms with van der Waals surface area (Å²) in [6.45, 7) is 5.78. The fraction of sp³-hybridized carbons (Fsp3) is 0.647. The summed E-state index contributed by atoms with van der Waals surface area (Å²) in [6, 6.07) is 4.42. The molecule has 1 aliphatic rings. The lowest BCUT2D eigenvalue weighted by Gasteiger charge is -2.27. The average molecular weight is 289 g/mol. The molecule has 21 heavy (non-hydrogen) atoms. The molecule has 1 aliphatic carbocycles. The van der Waals surface area contributed by atoms with E-state index in [1.807, 2.05) is 17.0 Å². The molecule has 2 rings (SSSR count). The highest BCUT2D eigenvalue weighted by molar-refractivity contribution is 5.77. The summed E-state index contributed by atoms with van der Waals surface area (Å²) in [5.74, 6) is 0.277. The third-order valence-electron chi connectivity index (χ3n) is 4.25. The van der Waals surface area contributed by atoms with Gasteiger partial charge in [0.05, 0.1) is 0 Å². The van der Waals surface area contributed by atoms with E-state index in [0.29, 0.717) is 25.6 Å². The smallest absolute Gasteiger partial charge is 0.223 e. The standard InChI is InChI=1S/C17H27N3O/c1-17(2,9-10-18)8-5-16(21)20(15-3-4-15)13-14-6-11-19-12-7-14/h6-7,11-12,15H,3-5,8-10,13,18H2,1-2H3. The van der Waals surface area contributed by atoms with Crippen molar-refractivity contribution in [1.82, 2.24) is 9.88 Å². The zero-order chi connectivity index (χ0) is 15.3. The van der Waals surface area contributed by atoms with Crippen LogP contribution >= 0.6 is 0 Å². The number of amides is 1. The van der Waals surface area contributed by atoms with Crippen LogP contribution in [0, 0.1) is 5.41 Å². The van der Waals surface area contributed by atoms with Crippen molar-refractivity contribution in [1.29, 1.82) is 0 Å². The Bertz CT molecular complexity index is 454. The van der Waals surface area contributed by atoms with Gasteiger partial charge in [-0.1, -0.05) is 13.8 Å². The van der Waals surface area contributed by atoms with E-state index in [4.69, 9.17) is 5.73 Å². The molecule has 1 saturated carbocycles. The molecule has 116 valence electrons. The van der Waals surface area contributed by atoms with E-state index >= 15 is 0 Å². The second kappa shape index (κ2) is 7.03. The predicted molar refractivity (Wildman–Crippen MR) is 84.5 cm³/mol. The number of carbonyl (C=O) groups is 1. The molecular weight excluding hydrogens is 262 g/mol. The average Bonchev–Trinajstić information content (AvgIpc) is 3.28. The summed E-state index contributed by atoms with van der Waals surface area (Å²) >= 11 is 0. The van der Waals surface area contributed by atoms with Crippen LogP contribution < -0.4 is 5.73 Å². The summed E-state index contributed by atoms with van der Waals surface area (Å²) in [5.41, 5.74) is 6.95. The van der Waals surface area contributed by atoms with Crippen molar-refractivity contribution in [2.45, 2.75) is 58.5 Å². The first-order valence-corrected chi connectivity index (χ1v) is 7.90.